The van der Waals surface area contributed by atoms with Crippen LogP contribution in [0.2, 0.25) is 0 Å². The molecule has 0 aliphatic heterocycles. The van der Waals surface area contributed by atoms with Gasteiger partial charge in [-0.05, 0) is 23.6 Å². The van der Waals surface area contributed by atoms with Crippen molar-refractivity contribution < 1.29 is 8.42 Å². The number of nitrogens with two attached hydrogens (primary N) is 1. The van der Waals surface area contributed by atoms with Gasteiger partial charge in [0.05, 0.1) is 0 Å². The minimum absolute atomic E-state index is 0.0168. The molecule has 3 rings (SSSR count). The van der Waals surface area contributed by atoms with E-state index in [4.69, 9.17) is 5.73 Å². The Morgan fingerprint density at radius 1 is 1.35 bits per heavy atom. The van der Waals surface area contributed by atoms with Crippen molar-refractivity contribution in [2.45, 2.75) is 23.5 Å². The Balaban J connectivity index is 1.83. The van der Waals surface area contributed by atoms with E-state index in [1.54, 1.807) is 13.2 Å². The molecule has 106 valence electrons. The number of fused-ring (bicyclic) bond motifs is 1. The van der Waals surface area contributed by atoms with Gasteiger partial charge in [0.25, 0.3) is 10.0 Å². The van der Waals surface area contributed by atoms with Gasteiger partial charge in [-0.1, -0.05) is 24.3 Å². The van der Waals surface area contributed by atoms with Crippen molar-refractivity contribution >= 4 is 10.0 Å². The van der Waals surface area contributed by atoms with E-state index in [9.17, 15) is 8.42 Å². The largest absolute Gasteiger partial charge is 0.323 e. The van der Waals surface area contributed by atoms with Crippen molar-refractivity contribution in [3.8, 4) is 0 Å². The van der Waals surface area contributed by atoms with Gasteiger partial charge in [-0.2, -0.15) is 5.10 Å². The molecule has 0 radical (unpaired) electrons. The molecule has 6 nitrogen and oxygen atoms in total. The van der Waals surface area contributed by atoms with Crippen LogP contribution in [0.1, 0.15) is 17.2 Å². The Hall–Kier alpha value is -1.70. The molecule has 1 aliphatic carbocycles. The highest BCUT2D eigenvalue weighted by molar-refractivity contribution is 7.89. The molecule has 0 saturated heterocycles. The smallest absolute Gasteiger partial charge is 0.260 e. The number of hydrogen-bond donors (Lipinski definition) is 2. The summed E-state index contributed by atoms with van der Waals surface area (Å²) in [5.74, 6) is 0. The Morgan fingerprint density at radius 2 is 2.10 bits per heavy atom. The van der Waals surface area contributed by atoms with Gasteiger partial charge in [0.2, 0.25) is 0 Å². The zero-order valence-corrected chi connectivity index (χ0v) is 11.8. The number of hydrogen-bond acceptors (Lipinski definition) is 4. The van der Waals surface area contributed by atoms with Crippen molar-refractivity contribution in [3.05, 3.63) is 47.7 Å². The van der Waals surface area contributed by atoms with Crippen LogP contribution in [0.3, 0.4) is 0 Å². The maximum atomic E-state index is 12.3. The maximum absolute atomic E-state index is 12.3. The minimum atomic E-state index is -3.64. The molecule has 1 aliphatic rings. The standard InChI is InChI=1S/C13H16N4O2S/c1-17-7-6-12(15-17)20(18,19)16-11-8-9-4-2-3-5-10(9)13(11)14/h2-7,11,13,16H,8,14H2,1H3/t11-,13-/m1/s1. The van der Waals surface area contributed by atoms with Gasteiger partial charge >= 0.3 is 0 Å². The lowest BCUT2D eigenvalue weighted by atomic mass is 10.1. The number of nitrogens with zero attached hydrogens (tertiary/aromatic N) is 2. The molecule has 0 fully saturated rings. The molecule has 0 amide bonds. The third-order valence-corrected chi connectivity index (χ3v) is 4.94. The Morgan fingerprint density at radius 3 is 2.75 bits per heavy atom. The fourth-order valence-corrected chi connectivity index (χ4v) is 3.76. The lowest BCUT2D eigenvalue weighted by Gasteiger charge is -2.17. The quantitative estimate of drug-likeness (QED) is 0.852. The first-order valence-corrected chi connectivity index (χ1v) is 7.81. The SMILES string of the molecule is Cn1ccc(S(=O)(=O)N[C@@H]2Cc3ccccc3[C@H]2N)n1. The molecule has 1 aromatic carbocycles. The highest BCUT2D eigenvalue weighted by Crippen LogP contribution is 2.30. The molecule has 2 aromatic rings. The van der Waals surface area contributed by atoms with Gasteiger partial charge in [0.15, 0.2) is 5.03 Å². The highest BCUT2D eigenvalue weighted by atomic mass is 32.2. The van der Waals surface area contributed by atoms with E-state index < -0.39 is 10.0 Å². The summed E-state index contributed by atoms with van der Waals surface area (Å²) in [5, 5.41) is 3.94. The summed E-state index contributed by atoms with van der Waals surface area (Å²) >= 11 is 0. The van der Waals surface area contributed by atoms with Crippen LogP contribution < -0.4 is 10.5 Å². The van der Waals surface area contributed by atoms with Crippen molar-refractivity contribution in [2.75, 3.05) is 0 Å². The number of aryl methyl sites for hydroxylation is 1. The monoisotopic (exact) mass is 292 g/mol. The molecule has 20 heavy (non-hydrogen) atoms. The molecule has 3 N–H and O–H groups in total. The van der Waals surface area contributed by atoms with Crippen LogP contribution in [-0.4, -0.2) is 24.2 Å². The van der Waals surface area contributed by atoms with Crippen LogP contribution >= 0.6 is 0 Å². The third kappa shape index (κ3) is 2.24. The lowest BCUT2D eigenvalue weighted by molar-refractivity contribution is 0.511. The summed E-state index contributed by atoms with van der Waals surface area (Å²) in [6, 6.07) is 8.56. The summed E-state index contributed by atoms with van der Waals surface area (Å²) in [6.07, 6.45) is 2.20. The summed E-state index contributed by atoms with van der Waals surface area (Å²) in [4.78, 5) is 0. The molecule has 1 heterocycles. The first-order chi connectivity index (χ1) is 9.47. The molecule has 7 heteroatoms. The van der Waals surface area contributed by atoms with E-state index >= 15 is 0 Å². The second-order valence-electron chi connectivity index (χ2n) is 4.98. The fraction of sp³-hybridized carbons (Fsp3) is 0.308. The summed E-state index contributed by atoms with van der Waals surface area (Å²) in [6.45, 7) is 0. The molecular formula is C13H16N4O2S. The first-order valence-electron chi connectivity index (χ1n) is 6.33. The van der Waals surface area contributed by atoms with Gasteiger partial charge in [-0.25, -0.2) is 13.1 Å². The average molecular weight is 292 g/mol. The van der Waals surface area contributed by atoms with Crippen molar-refractivity contribution in [3.63, 3.8) is 0 Å². The molecule has 0 unspecified atom stereocenters. The molecule has 0 spiro atoms. The topological polar surface area (TPSA) is 90.0 Å². The predicted octanol–water partition coefficient (Wildman–Crippen LogP) is 0.323. The van der Waals surface area contributed by atoms with E-state index in [0.717, 1.165) is 11.1 Å². The van der Waals surface area contributed by atoms with Crippen molar-refractivity contribution in [1.82, 2.24) is 14.5 Å². The fourth-order valence-electron chi connectivity index (χ4n) is 2.54. The van der Waals surface area contributed by atoms with E-state index in [2.05, 4.69) is 9.82 Å². The van der Waals surface area contributed by atoms with Gasteiger partial charge in [-0.3, -0.25) is 4.68 Å². The van der Waals surface area contributed by atoms with E-state index in [1.807, 2.05) is 24.3 Å². The van der Waals surface area contributed by atoms with Crippen LogP contribution in [0.25, 0.3) is 0 Å². The van der Waals surface area contributed by atoms with Crippen LogP contribution in [0.4, 0.5) is 0 Å². The Labute approximate surface area is 117 Å². The van der Waals surface area contributed by atoms with Gasteiger partial charge in [0.1, 0.15) is 0 Å². The van der Waals surface area contributed by atoms with Crippen LogP contribution in [0.15, 0.2) is 41.6 Å². The summed E-state index contributed by atoms with van der Waals surface area (Å²) in [5.41, 5.74) is 8.22. The molecular weight excluding hydrogens is 276 g/mol. The molecule has 1 aromatic heterocycles. The Kier molecular flexibility index (Phi) is 3.12. The number of rotatable bonds is 3. The van der Waals surface area contributed by atoms with E-state index in [1.165, 1.54) is 10.7 Å². The van der Waals surface area contributed by atoms with Gasteiger partial charge in [0, 0.05) is 25.3 Å². The number of benzene rings is 1. The first kappa shape index (κ1) is 13.3. The summed E-state index contributed by atoms with van der Waals surface area (Å²) < 4.78 is 28.6. The molecule has 0 bridgehead atoms. The predicted molar refractivity (Wildman–Crippen MR) is 74.4 cm³/mol. The second-order valence-corrected chi connectivity index (χ2v) is 6.64. The van der Waals surface area contributed by atoms with Gasteiger partial charge in [-0.15, -0.1) is 0 Å². The minimum Gasteiger partial charge on any atom is -0.323 e. The lowest BCUT2D eigenvalue weighted by Crippen LogP contribution is -2.40. The number of aromatic nitrogens is 2. The zero-order chi connectivity index (χ0) is 14.3. The Bertz CT molecular complexity index is 738. The second kappa shape index (κ2) is 4.69. The highest BCUT2D eigenvalue weighted by Gasteiger charge is 2.33. The zero-order valence-electron chi connectivity index (χ0n) is 11.0. The maximum Gasteiger partial charge on any atom is 0.260 e. The number of nitrogens with one attached hydrogen (secondary N) is 1. The normalized spacial score (nSPS) is 21.9. The van der Waals surface area contributed by atoms with Crippen LogP contribution in [-0.2, 0) is 23.5 Å². The number of sulfonamides is 1. The van der Waals surface area contributed by atoms with E-state index in [-0.39, 0.29) is 17.1 Å². The van der Waals surface area contributed by atoms with Gasteiger partial charge < -0.3 is 5.73 Å². The molecule has 2 atom stereocenters. The summed E-state index contributed by atoms with van der Waals surface area (Å²) in [7, 11) is -1.96. The van der Waals surface area contributed by atoms with Crippen molar-refractivity contribution in [1.29, 1.82) is 0 Å². The third-order valence-electron chi connectivity index (χ3n) is 3.56. The van der Waals surface area contributed by atoms with Crippen LogP contribution in [0, 0.1) is 0 Å². The van der Waals surface area contributed by atoms with E-state index in [0.29, 0.717) is 6.42 Å². The van der Waals surface area contributed by atoms with Crippen molar-refractivity contribution in [2.24, 2.45) is 12.8 Å². The average Bonchev–Trinajstić information content (AvgIpc) is 2.96. The molecule has 0 saturated carbocycles. The van der Waals surface area contributed by atoms with Crippen LogP contribution in [0.5, 0.6) is 0 Å².